The number of hydrogen-bond donors (Lipinski definition) is 0. The number of allylic oxidation sites excluding steroid dienone is 1. The summed E-state index contributed by atoms with van der Waals surface area (Å²) in [5, 5.41) is 0. The van der Waals surface area contributed by atoms with Crippen LogP contribution in [-0.2, 0) is 4.43 Å². The van der Waals surface area contributed by atoms with Crippen LogP contribution in [0.5, 0.6) is 0 Å². The normalized spacial score (nSPS) is 10.9. The third kappa shape index (κ3) is 4.27. The van der Waals surface area contributed by atoms with Crippen molar-refractivity contribution < 1.29 is 4.43 Å². The number of anilines is 1. The van der Waals surface area contributed by atoms with Gasteiger partial charge in [-0.25, -0.2) is 0 Å². The molecule has 0 aliphatic heterocycles. The molecule has 0 radical (unpaired) electrons. The maximum absolute atomic E-state index is 6.16. The summed E-state index contributed by atoms with van der Waals surface area (Å²) in [5.74, 6) is 0.982. The summed E-state index contributed by atoms with van der Waals surface area (Å²) in [6.07, 6.45) is 0. The van der Waals surface area contributed by atoms with Gasteiger partial charge >= 0.3 is 0 Å². The third-order valence-electron chi connectivity index (χ3n) is 2.28. The van der Waals surface area contributed by atoms with Crippen molar-refractivity contribution in [1.29, 1.82) is 0 Å². The van der Waals surface area contributed by atoms with Crippen LogP contribution in [0, 0.1) is 0 Å². The molecule has 0 aromatic heterocycles. The molecule has 0 fully saturated rings. The van der Waals surface area contributed by atoms with Gasteiger partial charge < -0.3 is 9.33 Å². The highest BCUT2D eigenvalue weighted by atomic mass is 28.4. The molecule has 0 saturated heterocycles. The first-order valence-corrected chi connectivity index (χ1v) is 9.37. The summed E-state index contributed by atoms with van der Waals surface area (Å²) in [6.45, 7) is 10.8. The van der Waals surface area contributed by atoms with Gasteiger partial charge in [0.1, 0.15) is 0 Å². The molecule has 0 unspecified atom stereocenters. The van der Waals surface area contributed by atoms with Crippen LogP contribution in [0.15, 0.2) is 41.8 Å². The number of nitrogens with zero attached hydrogens (tertiary/aromatic N) is 1. The van der Waals surface area contributed by atoms with E-state index in [9.17, 15) is 0 Å². The molecule has 0 saturated carbocycles. The highest BCUT2D eigenvalue weighted by Crippen LogP contribution is 2.22. The third-order valence-corrected chi connectivity index (χ3v) is 3.08. The second kappa shape index (κ2) is 5.41. The molecule has 2 nitrogen and oxygen atoms in total. The fourth-order valence-corrected chi connectivity index (χ4v) is 2.49. The zero-order chi connectivity index (χ0) is 13.1. The van der Waals surface area contributed by atoms with E-state index in [1.807, 2.05) is 18.2 Å². The van der Waals surface area contributed by atoms with Gasteiger partial charge in [-0.05, 0) is 51.2 Å². The zero-order valence-corrected chi connectivity index (χ0v) is 12.7. The number of rotatable bonds is 4. The fourth-order valence-electron chi connectivity index (χ4n) is 1.56. The maximum atomic E-state index is 6.16. The van der Waals surface area contributed by atoms with Gasteiger partial charge in [0.05, 0.1) is 0 Å². The summed E-state index contributed by atoms with van der Waals surface area (Å²) in [7, 11) is 0.475. The highest BCUT2D eigenvalue weighted by molar-refractivity contribution is 6.70. The van der Waals surface area contributed by atoms with E-state index in [2.05, 4.69) is 57.6 Å². The SMILES string of the molecule is CC(C)=C(O[Si](C)(C)C)N(C)c1ccccc1. The Balaban J connectivity index is 2.99. The molecular formula is C14H23NOSi. The van der Waals surface area contributed by atoms with E-state index in [0.29, 0.717) is 0 Å². The molecule has 94 valence electrons. The van der Waals surface area contributed by atoms with Crippen LogP contribution in [0.2, 0.25) is 19.6 Å². The van der Waals surface area contributed by atoms with Gasteiger partial charge in [0, 0.05) is 12.7 Å². The van der Waals surface area contributed by atoms with Gasteiger partial charge in [0.2, 0.25) is 8.32 Å². The van der Waals surface area contributed by atoms with Gasteiger partial charge in [-0.3, -0.25) is 0 Å². The van der Waals surface area contributed by atoms with E-state index in [1.165, 1.54) is 5.57 Å². The molecule has 3 heteroatoms. The van der Waals surface area contributed by atoms with E-state index in [-0.39, 0.29) is 0 Å². The lowest BCUT2D eigenvalue weighted by Gasteiger charge is -2.30. The molecule has 1 aromatic rings. The Labute approximate surface area is 106 Å². The van der Waals surface area contributed by atoms with Crippen molar-refractivity contribution in [2.45, 2.75) is 33.5 Å². The smallest absolute Gasteiger partial charge is 0.244 e. The molecular weight excluding hydrogens is 226 g/mol. The van der Waals surface area contributed by atoms with Crippen molar-refractivity contribution in [3.8, 4) is 0 Å². The second-order valence-corrected chi connectivity index (χ2v) is 9.84. The van der Waals surface area contributed by atoms with Crippen molar-refractivity contribution >= 4 is 14.0 Å². The fraction of sp³-hybridized carbons (Fsp3) is 0.429. The standard InChI is InChI=1S/C14H23NOSi/c1-12(2)14(16-17(4,5)6)15(3)13-10-8-7-9-11-13/h7-11H,1-6H3. The van der Waals surface area contributed by atoms with Gasteiger partial charge in [-0.1, -0.05) is 18.2 Å². The van der Waals surface area contributed by atoms with Crippen LogP contribution in [0.25, 0.3) is 0 Å². The second-order valence-electron chi connectivity index (χ2n) is 5.41. The molecule has 0 aliphatic carbocycles. The number of hydrogen-bond acceptors (Lipinski definition) is 2. The van der Waals surface area contributed by atoms with Crippen molar-refractivity contribution in [2.75, 3.05) is 11.9 Å². The summed E-state index contributed by atoms with van der Waals surface area (Å²) >= 11 is 0. The van der Waals surface area contributed by atoms with Crippen molar-refractivity contribution in [3.63, 3.8) is 0 Å². The van der Waals surface area contributed by atoms with Crippen LogP contribution in [0.3, 0.4) is 0 Å². The average Bonchev–Trinajstić information content (AvgIpc) is 2.25. The minimum Gasteiger partial charge on any atom is -0.533 e. The Morgan fingerprint density at radius 3 is 2.00 bits per heavy atom. The molecule has 1 aromatic carbocycles. The summed E-state index contributed by atoms with van der Waals surface area (Å²) in [4.78, 5) is 2.12. The van der Waals surface area contributed by atoms with E-state index in [0.717, 1.165) is 11.6 Å². The lowest BCUT2D eigenvalue weighted by molar-refractivity contribution is 0.401. The van der Waals surface area contributed by atoms with E-state index < -0.39 is 8.32 Å². The van der Waals surface area contributed by atoms with Crippen molar-refractivity contribution in [2.24, 2.45) is 0 Å². The van der Waals surface area contributed by atoms with Gasteiger partial charge in [-0.2, -0.15) is 0 Å². The Morgan fingerprint density at radius 2 is 1.59 bits per heavy atom. The van der Waals surface area contributed by atoms with E-state index >= 15 is 0 Å². The zero-order valence-electron chi connectivity index (χ0n) is 11.7. The first-order valence-electron chi connectivity index (χ1n) is 5.96. The van der Waals surface area contributed by atoms with Crippen LogP contribution >= 0.6 is 0 Å². The van der Waals surface area contributed by atoms with Gasteiger partial charge in [0.25, 0.3) is 0 Å². The largest absolute Gasteiger partial charge is 0.533 e. The number of para-hydroxylation sites is 1. The molecule has 1 rings (SSSR count). The van der Waals surface area contributed by atoms with Gasteiger partial charge in [0.15, 0.2) is 5.88 Å². The Hall–Kier alpha value is -1.22. The summed E-state index contributed by atoms with van der Waals surface area (Å²) in [6, 6.07) is 10.3. The minimum absolute atomic E-state index is 0.982. The predicted molar refractivity (Wildman–Crippen MR) is 77.7 cm³/mol. The summed E-state index contributed by atoms with van der Waals surface area (Å²) in [5.41, 5.74) is 2.36. The van der Waals surface area contributed by atoms with Crippen LogP contribution in [0.4, 0.5) is 5.69 Å². The molecule has 17 heavy (non-hydrogen) atoms. The van der Waals surface area contributed by atoms with E-state index in [4.69, 9.17) is 4.43 Å². The predicted octanol–water partition coefficient (Wildman–Crippen LogP) is 4.23. The van der Waals surface area contributed by atoms with Crippen LogP contribution < -0.4 is 4.90 Å². The first-order chi connectivity index (χ1) is 7.81. The molecule has 0 heterocycles. The molecule has 0 atom stereocenters. The molecule has 0 aliphatic rings. The van der Waals surface area contributed by atoms with E-state index in [1.54, 1.807) is 0 Å². The molecule has 0 bridgehead atoms. The van der Waals surface area contributed by atoms with Crippen LogP contribution in [-0.4, -0.2) is 15.4 Å². The van der Waals surface area contributed by atoms with Crippen molar-refractivity contribution in [1.82, 2.24) is 0 Å². The lowest BCUT2D eigenvalue weighted by atomic mass is 10.3. The minimum atomic E-state index is -1.58. The van der Waals surface area contributed by atoms with Crippen molar-refractivity contribution in [3.05, 3.63) is 41.8 Å². The first kappa shape index (κ1) is 13.8. The maximum Gasteiger partial charge on any atom is 0.244 e. The molecule has 0 spiro atoms. The molecule has 0 amide bonds. The molecule has 0 N–H and O–H groups in total. The topological polar surface area (TPSA) is 12.5 Å². The summed E-state index contributed by atoms with van der Waals surface area (Å²) < 4.78 is 6.16. The highest BCUT2D eigenvalue weighted by Gasteiger charge is 2.21. The number of benzene rings is 1. The Bertz CT molecular complexity index is 388. The van der Waals surface area contributed by atoms with Crippen LogP contribution in [0.1, 0.15) is 13.8 Å². The Morgan fingerprint density at radius 1 is 1.06 bits per heavy atom. The Kier molecular flexibility index (Phi) is 4.40. The monoisotopic (exact) mass is 249 g/mol. The lowest BCUT2D eigenvalue weighted by Crippen LogP contribution is -2.31. The van der Waals surface area contributed by atoms with Gasteiger partial charge in [-0.15, -0.1) is 0 Å². The average molecular weight is 249 g/mol. The quantitative estimate of drug-likeness (QED) is 0.585.